The highest BCUT2D eigenvalue weighted by Gasteiger charge is 2.25. The molecule has 1 aromatic heterocycles. The Balaban J connectivity index is 2.43. The number of nitrogens with zero attached hydrogens (tertiary/aromatic N) is 2. The second kappa shape index (κ2) is 7.49. The van der Waals surface area contributed by atoms with Crippen LogP contribution >= 0.6 is 0 Å². The molecule has 0 saturated heterocycles. The van der Waals surface area contributed by atoms with Gasteiger partial charge in [-0.3, -0.25) is 4.98 Å². The van der Waals surface area contributed by atoms with Gasteiger partial charge in [0.2, 0.25) is 0 Å². The maximum atomic E-state index is 5.95. The van der Waals surface area contributed by atoms with Crippen LogP contribution in [0.25, 0.3) is 0 Å². The van der Waals surface area contributed by atoms with E-state index in [1.807, 2.05) is 18.3 Å². The third-order valence-corrected chi connectivity index (χ3v) is 4.01. The summed E-state index contributed by atoms with van der Waals surface area (Å²) in [5, 5.41) is 0. The number of rotatable bonds is 8. The van der Waals surface area contributed by atoms with E-state index in [1.54, 1.807) is 0 Å². The highest BCUT2D eigenvalue weighted by Crippen LogP contribution is 2.25. The fraction of sp³-hybridized carbons (Fsp3) is 0.667. The van der Waals surface area contributed by atoms with Crippen molar-refractivity contribution in [2.24, 2.45) is 11.1 Å². The predicted molar refractivity (Wildman–Crippen MR) is 77.5 cm³/mol. The van der Waals surface area contributed by atoms with Crippen molar-refractivity contribution in [3.63, 3.8) is 0 Å². The third-order valence-electron chi connectivity index (χ3n) is 4.01. The second-order valence-corrected chi connectivity index (χ2v) is 5.22. The Bertz CT molecular complexity index is 312. The highest BCUT2D eigenvalue weighted by atomic mass is 15.1. The molecule has 0 aliphatic rings. The van der Waals surface area contributed by atoms with Crippen molar-refractivity contribution >= 4 is 0 Å². The molecule has 0 bridgehead atoms. The zero-order valence-electron chi connectivity index (χ0n) is 12.0. The van der Waals surface area contributed by atoms with E-state index < -0.39 is 0 Å². The summed E-state index contributed by atoms with van der Waals surface area (Å²) < 4.78 is 0. The molecule has 1 rings (SSSR count). The zero-order chi connectivity index (χ0) is 13.4. The number of hydrogen-bond acceptors (Lipinski definition) is 3. The Labute approximate surface area is 111 Å². The van der Waals surface area contributed by atoms with Gasteiger partial charge < -0.3 is 10.6 Å². The summed E-state index contributed by atoms with van der Waals surface area (Å²) >= 11 is 0. The van der Waals surface area contributed by atoms with Crippen LogP contribution < -0.4 is 5.73 Å². The number of pyridine rings is 1. The molecule has 0 aliphatic carbocycles. The molecule has 1 heterocycles. The van der Waals surface area contributed by atoms with Crippen LogP contribution in [-0.4, -0.2) is 36.6 Å². The number of aromatic nitrogens is 1. The molecule has 0 unspecified atom stereocenters. The molecule has 0 atom stereocenters. The molecule has 0 saturated carbocycles. The molecule has 3 heteroatoms. The first-order chi connectivity index (χ1) is 8.65. The van der Waals surface area contributed by atoms with Gasteiger partial charge in [0.25, 0.3) is 0 Å². The van der Waals surface area contributed by atoms with Crippen LogP contribution in [0, 0.1) is 5.41 Å². The summed E-state index contributed by atoms with van der Waals surface area (Å²) in [5.74, 6) is 0. The quantitative estimate of drug-likeness (QED) is 0.769. The van der Waals surface area contributed by atoms with Gasteiger partial charge >= 0.3 is 0 Å². The van der Waals surface area contributed by atoms with Crippen molar-refractivity contribution in [1.29, 1.82) is 0 Å². The maximum absolute atomic E-state index is 5.95. The Morgan fingerprint density at radius 3 is 2.50 bits per heavy atom. The lowest BCUT2D eigenvalue weighted by molar-refractivity contribution is 0.168. The molecule has 18 heavy (non-hydrogen) atoms. The van der Waals surface area contributed by atoms with E-state index in [2.05, 4.69) is 36.8 Å². The fourth-order valence-corrected chi connectivity index (χ4v) is 2.33. The van der Waals surface area contributed by atoms with Crippen molar-refractivity contribution in [3.05, 3.63) is 30.1 Å². The molecule has 2 N–H and O–H groups in total. The van der Waals surface area contributed by atoms with Crippen LogP contribution in [0.1, 0.15) is 32.4 Å². The third kappa shape index (κ3) is 4.39. The fourth-order valence-electron chi connectivity index (χ4n) is 2.33. The SMILES string of the molecule is CCC(CC)(CN)CN(C)CCc1ccccn1. The molecule has 0 aliphatic heterocycles. The van der Waals surface area contributed by atoms with E-state index in [0.717, 1.165) is 44.6 Å². The van der Waals surface area contributed by atoms with Gasteiger partial charge in [0.1, 0.15) is 0 Å². The second-order valence-electron chi connectivity index (χ2n) is 5.22. The molecule has 102 valence electrons. The van der Waals surface area contributed by atoms with Gasteiger partial charge in [-0.2, -0.15) is 0 Å². The van der Waals surface area contributed by atoms with Crippen LogP contribution in [0.4, 0.5) is 0 Å². The standard InChI is InChI=1S/C15H27N3/c1-4-15(5-2,12-16)13-18(3)11-9-14-8-6-7-10-17-14/h6-8,10H,4-5,9,11-13,16H2,1-3H3. The Kier molecular flexibility index (Phi) is 6.30. The van der Waals surface area contributed by atoms with Crippen molar-refractivity contribution in [1.82, 2.24) is 9.88 Å². The lowest BCUT2D eigenvalue weighted by atomic mass is 9.82. The molecular formula is C15H27N3. The minimum atomic E-state index is 0.277. The number of likely N-dealkylation sites (N-methyl/N-ethyl adjacent to an activating group) is 1. The number of nitrogens with two attached hydrogens (primary N) is 1. The molecular weight excluding hydrogens is 222 g/mol. The van der Waals surface area contributed by atoms with Gasteiger partial charge in [-0.25, -0.2) is 0 Å². The Morgan fingerprint density at radius 1 is 1.28 bits per heavy atom. The van der Waals surface area contributed by atoms with Crippen LogP contribution in [0.2, 0.25) is 0 Å². The smallest absolute Gasteiger partial charge is 0.0416 e. The van der Waals surface area contributed by atoms with Crippen molar-refractivity contribution in [3.8, 4) is 0 Å². The summed E-state index contributed by atoms with van der Waals surface area (Å²) in [6.45, 7) is 7.36. The van der Waals surface area contributed by atoms with Gasteiger partial charge in [-0.05, 0) is 44.0 Å². The van der Waals surface area contributed by atoms with E-state index in [9.17, 15) is 0 Å². The molecule has 3 nitrogen and oxygen atoms in total. The number of hydrogen-bond donors (Lipinski definition) is 1. The van der Waals surface area contributed by atoms with Crippen molar-refractivity contribution in [2.45, 2.75) is 33.1 Å². The Hall–Kier alpha value is -0.930. The van der Waals surface area contributed by atoms with Crippen molar-refractivity contribution in [2.75, 3.05) is 26.7 Å². The molecule has 0 spiro atoms. The predicted octanol–water partition coefficient (Wildman–Crippen LogP) is 2.32. The van der Waals surface area contributed by atoms with E-state index >= 15 is 0 Å². The molecule has 0 fully saturated rings. The first-order valence-electron chi connectivity index (χ1n) is 6.94. The van der Waals surface area contributed by atoms with Crippen LogP contribution in [0.3, 0.4) is 0 Å². The molecule has 0 aromatic carbocycles. The first kappa shape index (κ1) is 15.1. The highest BCUT2D eigenvalue weighted by molar-refractivity contribution is 5.03. The topological polar surface area (TPSA) is 42.1 Å². The van der Waals surface area contributed by atoms with Gasteiger partial charge in [0, 0.05) is 31.4 Å². The summed E-state index contributed by atoms with van der Waals surface area (Å²) in [7, 11) is 2.18. The summed E-state index contributed by atoms with van der Waals surface area (Å²) in [5.41, 5.74) is 7.38. The molecule has 0 amide bonds. The van der Waals surface area contributed by atoms with E-state index in [1.165, 1.54) is 0 Å². The average Bonchev–Trinajstić information content (AvgIpc) is 2.44. The summed E-state index contributed by atoms with van der Waals surface area (Å²) in [6.07, 6.45) is 5.16. The van der Waals surface area contributed by atoms with Gasteiger partial charge in [-0.1, -0.05) is 19.9 Å². The minimum absolute atomic E-state index is 0.277. The summed E-state index contributed by atoms with van der Waals surface area (Å²) in [4.78, 5) is 6.74. The Morgan fingerprint density at radius 2 is 2.00 bits per heavy atom. The zero-order valence-corrected chi connectivity index (χ0v) is 12.0. The maximum Gasteiger partial charge on any atom is 0.0416 e. The van der Waals surface area contributed by atoms with Crippen LogP contribution in [-0.2, 0) is 6.42 Å². The lowest BCUT2D eigenvalue weighted by Gasteiger charge is -2.34. The summed E-state index contributed by atoms with van der Waals surface area (Å²) in [6, 6.07) is 6.09. The first-order valence-corrected chi connectivity index (χ1v) is 6.94. The van der Waals surface area contributed by atoms with Gasteiger partial charge in [-0.15, -0.1) is 0 Å². The normalized spacial score (nSPS) is 12.1. The van der Waals surface area contributed by atoms with Crippen LogP contribution in [0.15, 0.2) is 24.4 Å². The van der Waals surface area contributed by atoms with Gasteiger partial charge in [0.05, 0.1) is 0 Å². The van der Waals surface area contributed by atoms with Crippen LogP contribution in [0.5, 0.6) is 0 Å². The van der Waals surface area contributed by atoms with Crippen molar-refractivity contribution < 1.29 is 0 Å². The van der Waals surface area contributed by atoms with E-state index in [4.69, 9.17) is 5.73 Å². The largest absolute Gasteiger partial charge is 0.330 e. The molecule has 1 aromatic rings. The van der Waals surface area contributed by atoms with Gasteiger partial charge in [0.15, 0.2) is 0 Å². The van der Waals surface area contributed by atoms with E-state index in [-0.39, 0.29) is 5.41 Å². The monoisotopic (exact) mass is 249 g/mol. The minimum Gasteiger partial charge on any atom is -0.330 e. The van der Waals surface area contributed by atoms with E-state index in [0.29, 0.717) is 0 Å². The lowest BCUT2D eigenvalue weighted by Crippen LogP contribution is -2.41. The molecule has 0 radical (unpaired) electrons. The average molecular weight is 249 g/mol.